The van der Waals surface area contributed by atoms with Crippen LogP contribution in [0.2, 0.25) is 0 Å². The van der Waals surface area contributed by atoms with Crippen LogP contribution in [0.3, 0.4) is 0 Å². The number of nitrogens with two attached hydrogens (primary N) is 1. The second-order valence-corrected chi connectivity index (χ2v) is 4.89. The van der Waals surface area contributed by atoms with Gasteiger partial charge in [-0.2, -0.15) is 0 Å². The lowest BCUT2D eigenvalue weighted by atomic mass is 9.86. The van der Waals surface area contributed by atoms with Gasteiger partial charge in [-0.05, 0) is 74.4 Å². The van der Waals surface area contributed by atoms with Gasteiger partial charge in [0.25, 0.3) is 0 Å². The smallest absolute Gasteiger partial charge is 0.122 e. The van der Waals surface area contributed by atoms with Gasteiger partial charge in [0.1, 0.15) is 5.75 Å². The highest BCUT2D eigenvalue weighted by Gasteiger charge is 2.15. The zero-order chi connectivity index (χ0) is 13.0. The summed E-state index contributed by atoms with van der Waals surface area (Å²) < 4.78 is 5.40. The molecule has 0 amide bonds. The first-order chi connectivity index (χ1) is 8.02. The fraction of sp³-hybridized carbons (Fsp3) is 0.600. The first kappa shape index (κ1) is 14.0. The van der Waals surface area contributed by atoms with Crippen molar-refractivity contribution in [2.45, 2.75) is 46.5 Å². The molecule has 0 radical (unpaired) electrons. The summed E-state index contributed by atoms with van der Waals surface area (Å²) in [5, 5.41) is 0. The lowest BCUT2D eigenvalue weighted by molar-refractivity contribution is 0.410. The van der Waals surface area contributed by atoms with E-state index in [1.165, 1.54) is 22.3 Å². The molecular weight excluding hydrogens is 210 g/mol. The van der Waals surface area contributed by atoms with Gasteiger partial charge in [-0.25, -0.2) is 0 Å². The molecular formula is C15H25NO. The van der Waals surface area contributed by atoms with E-state index in [0.29, 0.717) is 5.92 Å². The molecule has 1 atom stereocenters. The molecule has 0 fully saturated rings. The minimum atomic E-state index is 0.572. The third-order valence-corrected chi connectivity index (χ3v) is 3.66. The maximum atomic E-state index is 5.59. The van der Waals surface area contributed by atoms with Gasteiger partial charge in [0.15, 0.2) is 0 Å². The number of rotatable bonds is 5. The molecule has 0 heterocycles. The second kappa shape index (κ2) is 6.06. The van der Waals surface area contributed by atoms with Crippen molar-refractivity contribution in [2.24, 2.45) is 5.73 Å². The Balaban J connectivity index is 3.11. The number of aryl methyl sites for hydroxylation is 1. The van der Waals surface area contributed by atoms with Crippen LogP contribution in [0.4, 0.5) is 0 Å². The van der Waals surface area contributed by atoms with Crippen molar-refractivity contribution >= 4 is 0 Å². The molecule has 0 aliphatic carbocycles. The summed E-state index contributed by atoms with van der Waals surface area (Å²) in [6, 6.07) is 2.15. The number of hydrogen-bond acceptors (Lipinski definition) is 2. The second-order valence-electron chi connectivity index (χ2n) is 4.89. The van der Waals surface area contributed by atoms with E-state index in [-0.39, 0.29) is 0 Å². The molecule has 0 spiro atoms. The van der Waals surface area contributed by atoms with Crippen LogP contribution in [0.15, 0.2) is 6.07 Å². The molecule has 2 N–H and O–H groups in total. The fourth-order valence-electron chi connectivity index (χ4n) is 2.60. The van der Waals surface area contributed by atoms with Crippen LogP contribution in [-0.4, -0.2) is 13.7 Å². The van der Waals surface area contributed by atoms with Crippen molar-refractivity contribution in [3.05, 3.63) is 28.3 Å². The Hall–Kier alpha value is -1.02. The van der Waals surface area contributed by atoms with Crippen LogP contribution >= 0.6 is 0 Å². The van der Waals surface area contributed by atoms with Gasteiger partial charge in [0, 0.05) is 0 Å². The maximum Gasteiger partial charge on any atom is 0.122 e. The predicted molar refractivity (Wildman–Crippen MR) is 73.9 cm³/mol. The van der Waals surface area contributed by atoms with Gasteiger partial charge in [-0.3, -0.25) is 0 Å². The van der Waals surface area contributed by atoms with Crippen molar-refractivity contribution in [3.8, 4) is 5.75 Å². The van der Waals surface area contributed by atoms with Crippen LogP contribution in [-0.2, 0) is 0 Å². The van der Waals surface area contributed by atoms with E-state index in [4.69, 9.17) is 10.5 Å². The summed E-state index contributed by atoms with van der Waals surface area (Å²) in [4.78, 5) is 0. The molecule has 2 nitrogen and oxygen atoms in total. The van der Waals surface area contributed by atoms with Crippen molar-refractivity contribution in [1.82, 2.24) is 0 Å². The highest BCUT2D eigenvalue weighted by Crippen LogP contribution is 2.33. The van der Waals surface area contributed by atoms with Crippen LogP contribution < -0.4 is 10.5 Å². The molecule has 0 aliphatic rings. The van der Waals surface area contributed by atoms with Gasteiger partial charge in [-0.15, -0.1) is 0 Å². The molecule has 0 saturated heterocycles. The molecule has 17 heavy (non-hydrogen) atoms. The number of benzene rings is 1. The third-order valence-electron chi connectivity index (χ3n) is 3.66. The van der Waals surface area contributed by atoms with E-state index in [9.17, 15) is 0 Å². The summed E-state index contributed by atoms with van der Waals surface area (Å²) in [6.45, 7) is 9.56. The first-order valence-corrected chi connectivity index (χ1v) is 6.37. The van der Waals surface area contributed by atoms with Gasteiger partial charge in [0.05, 0.1) is 7.11 Å². The highest BCUT2D eigenvalue weighted by molar-refractivity contribution is 5.49. The highest BCUT2D eigenvalue weighted by atomic mass is 16.5. The summed E-state index contributed by atoms with van der Waals surface area (Å²) in [5.41, 5.74) is 11.0. The lowest BCUT2D eigenvalue weighted by Gasteiger charge is -2.21. The summed E-state index contributed by atoms with van der Waals surface area (Å²) in [7, 11) is 1.73. The summed E-state index contributed by atoms with van der Waals surface area (Å²) in [6.07, 6.45) is 2.25. The average molecular weight is 235 g/mol. The molecule has 1 aromatic rings. The normalized spacial score (nSPS) is 12.6. The Labute approximate surface area is 105 Å². The van der Waals surface area contributed by atoms with Crippen molar-refractivity contribution in [1.29, 1.82) is 0 Å². The molecule has 0 saturated carbocycles. The first-order valence-electron chi connectivity index (χ1n) is 6.37. The van der Waals surface area contributed by atoms with Gasteiger partial charge >= 0.3 is 0 Å². The Morgan fingerprint density at radius 2 is 1.88 bits per heavy atom. The van der Waals surface area contributed by atoms with E-state index in [0.717, 1.165) is 25.1 Å². The Bertz CT molecular complexity index is 385. The SMILES string of the molecule is COc1cc(C)c(C(C)CCCN)c(C)c1C. The summed E-state index contributed by atoms with van der Waals surface area (Å²) in [5.74, 6) is 1.57. The minimum absolute atomic E-state index is 0.572. The monoisotopic (exact) mass is 235 g/mol. The van der Waals surface area contributed by atoms with E-state index < -0.39 is 0 Å². The van der Waals surface area contributed by atoms with Crippen molar-refractivity contribution in [3.63, 3.8) is 0 Å². The topological polar surface area (TPSA) is 35.2 Å². The Kier molecular flexibility index (Phi) is 5.01. The number of hydrogen-bond donors (Lipinski definition) is 1. The predicted octanol–water partition coefficient (Wildman–Crippen LogP) is 3.46. The van der Waals surface area contributed by atoms with Crippen molar-refractivity contribution < 1.29 is 4.74 Å². The van der Waals surface area contributed by atoms with Gasteiger partial charge in [0.2, 0.25) is 0 Å². The Morgan fingerprint density at radius 1 is 1.24 bits per heavy atom. The molecule has 1 unspecified atom stereocenters. The van der Waals surface area contributed by atoms with Crippen molar-refractivity contribution in [2.75, 3.05) is 13.7 Å². The van der Waals surface area contributed by atoms with Gasteiger partial charge in [-0.1, -0.05) is 6.92 Å². The summed E-state index contributed by atoms with van der Waals surface area (Å²) >= 11 is 0. The van der Waals surface area contributed by atoms with Crippen LogP contribution in [0.1, 0.15) is 47.9 Å². The van der Waals surface area contributed by atoms with E-state index in [2.05, 4.69) is 33.8 Å². The average Bonchev–Trinajstić information content (AvgIpc) is 2.31. The molecule has 1 aromatic carbocycles. The molecule has 1 rings (SSSR count). The molecule has 96 valence electrons. The molecule has 0 bridgehead atoms. The van der Waals surface area contributed by atoms with E-state index in [1.54, 1.807) is 7.11 Å². The molecule has 0 aliphatic heterocycles. The molecule has 2 heteroatoms. The standard InChI is InChI=1S/C15H25NO/c1-10(7-6-8-16)15-11(2)9-14(17-5)12(3)13(15)4/h9-10H,6-8,16H2,1-5H3. The quantitative estimate of drug-likeness (QED) is 0.848. The zero-order valence-electron chi connectivity index (χ0n) is 11.8. The van der Waals surface area contributed by atoms with Crippen LogP contribution in [0.5, 0.6) is 5.75 Å². The maximum absolute atomic E-state index is 5.59. The molecule has 0 aromatic heterocycles. The van der Waals surface area contributed by atoms with E-state index >= 15 is 0 Å². The number of methoxy groups -OCH3 is 1. The minimum Gasteiger partial charge on any atom is -0.496 e. The number of ether oxygens (including phenoxy) is 1. The largest absolute Gasteiger partial charge is 0.496 e. The zero-order valence-corrected chi connectivity index (χ0v) is 11.8. The third kappa shape index (κ3) is 3.01. The van der Waals surface area contributed by atoms with E-state index in [1.807, 2.05) is 0 Å². The Morgan fingerprint density at radius 3 is 2.41 bits per heavy atom. The van der Waals surface area contributed by atoms with Gasteiger partial charge < -0.3 is 10.5 Å². The lowest BCUT2D eigenvalue weighted by Crippen LogP contribution is -2.06. The van der Waals surface area contributed by atoms with Crippen LogP contribution in [0, 0.1) is 20.8 Å². The van der Waals surface area contributed by atoms with Crippen LogP contribution in [0.25, 0.3) is 0 Å². The fourth-order valence-corrected chi connectivity index (χ4v) is 2.60.